The van der Waals surface area contributed by atoms with Gasteiger partial charge in [-0.1, -0.05) is 18.2 Å². The fourth-order valence-corrected chi connectivity index (χ4v) is 3.24. The molecule has 0 saturated carbocycles. The van der Waals surface area contributed by atoms with Gasteiger partial charge in [0.05, 0.1) is 6.10 Å². The molecule has 0 aromatic heterocycles. The van der Waals surface area contributed by atoms with E-state index < -0.39 is 29.9 Å². The van der Waals surface area contributed by atoms with Crippen LogP contribution in [0.3, 0.4) is 0 Å². The van der Waals surface area contributed by atoms with Crippen molar-refractivity contribution in [2.24, 2.45) is 0 Å². The molecule has 0 spiro atoms. The van der Waals surface area contributed by atoms with E-state index in [0.717, 1.165) is 31.3 Å². The van der Waals surface area contributed by atoms with E-state index in [1.807, 2.05) is 7.05 Å². The summed E-state index contributed by atoms with van der Waals surface area (Å²) >= 11 is 0. The second kappa shape index (κ2) is 8.45. The average Bonchev–Trinajstić information content (AvgIpc) is 2.63. The lowest BCUT2D eigenvalue weighted by Crippen LogP contribution is -2.35. The molecule has 1 saturated heterocycles. The highest BCUT2D eigenvalue weighted by Gasteiger charge is 2.33. The van der Waals surface area contributed by atoms with Gasteiger partial charge in [0, 0.05) is 24.2 Å². The summed E-state index contributed by atoms with van der Waals surface area (Å²) in [5, 5.41) is 0. The molecular weight excluding hydrogens is 381 g/mol. The van der Waals surface area contributed by atoms with Gasteiger partial charge < -0.3 is 14.4 Å². The van der Waals surface area contributed by atoms with Gasteiger partial charge in [-0.3, -0.25) is 0 Å². The van der Waals surface area contributed by atoms with E-state index in [1.54, 1.807) is 6.07 Å². The molecule has 1 atom stereocenters. The minimum absolute atomic E-state index is 0.0597. The number of likely N-dealkylation sites (tertiary alicyclic amines) is 1. The molecule has 152 valence electrons. The van der Waals surface area contributed by atoms with Gasteiger partial charge in [-0.25, -0.2) is 8.78 Å². The lowest BCUT2D eigenvalue weighted by molar-refractivity contribution is -0.274. The number of hydrogen-bond acceptors (Lipinski definition) is 3. The molecule has 3 rings (SSSR count). The molecule has 0 N–H and O–H groups in total. The summed E-state index contributed by atoms with van der Waals surface area (Å²) in [5.41, 5.74) is -0.143. The fraction of sp³-hybridized carbons (Fsp3) is 0.400. The Morgan fingerprint density at radius 1 is 0.964 bits per heavy atom. The van der Waals surface area contributed by atoms with Crippen LogP contribution in [0.5, 0.6) is 5.75 Å². The van der Waals surface area contributed by atoms with E-state index in [4.69, 9.17) is 4.74 Å². The van der Waals surface area contributed by atoms with Crippen LogP contribution in [0.4, 0.5) is 22.0 Å². The van der Waals surface area contributed by atoms with Gasteiger partial charge in [0.2, 0.25) is 0 Å². The highest BCUT2D eigenvalue weighted by atomic mass is 19.4. The lowest BCUT2D eigenvalue weighted by Gasteiger charge is -2.32. The van der Waals surface area contributed by atoms with E-state index in [0.29, 0.717) is 12.8 Å². The van der Waals surface area contributed by atoms with Crippen LogP contribution in [0.1, 0.15) is 30.1 Å². The van der Waals surface area contributed by atoms with Crippen LogP contribution in [0.25, 0.3) is 0 Å². The van der Waals surface area contributed by atoms with E-state index in [9.17, 15) is 22.0 Å². The smallest absolute Gasteiger partial charge is 0.406 e. The molecule has 3 nitrogen and oxygen atoms in total. The van der Waals surface area contributed by atoms with E-state index in [1.165, 1.54) is 18.2 Å². The summed E-state index contributed by atoms with van der Waals surface area (Å²) < 4.78 is 76.5. The lowest BCUT2D eigenvalue weighted by atomic mass is 9.98. The molecule has 1 aliphatic rings. The standard InChI is InChI=1S/C20H20F5NO2/c1-26-10-8-13(9-11-26)27-19(15-4-2-3-5-17(15)21)16-12-14(6-7-18(16)22)28-20(23,24)25/h2-7,12-13,19H,8-11H2,1H3. The molecule has 1 fully saturated rings. The number of ether oxygens (including phenoxy) is 2. The molecule has 28 heavy (non-hydrogen) atoms. The zero-order chi connectivity index (χ0) is 20.3. The van der Waals surface area contributed by atoms with Gasteiger partial charge in [-0.15, -0.1) is 13.2 Å². The summed E-state index contributed by atoms with van der Waals surface area (Å²) in [4.78, 5) is 2.11. The van der Waals surface area contributed by atoms with Crippen molar-refractivity contribution in [2.45, 2.75) is 31.4 Å². The van der Waals surface area contributed by atoms with Gasteiger partial charge in [-0.2, -0.15) is 0 Å². The van der Waals surface area contributed by atoms with Gasteiger partial charge in [0.1, 0.15) is 23.5 Å². The van der Waals surface area contributed by atoms with Crippen molar-refractivity contribution >= 4 is 0 Å². The zero-order valence-electron chi connectivity index (χ0n) is 15.2. The van der Waals surface area contributed by atoms with Crippen LogP contribution in [0, 0.1) is 11.6 Å². The monoisotopic (exact) mass is 401 g/mol. The molecule has 1 heterocycles. The van der Waals surface area contributed by atoms with Crippen LogP contribution in [-0.2, 0) is 4.74 Å². The van der Waals surface area contributed by atoms with Crippen molar-refractivity contribution in [3.8, 4) is 5.75 Å². The van der Waals surface area contributed by atoms with E-state index >= 15 is 0 Å². The normalized spacial score (nSPS) is 17.5. The summed E-state index contributed by atoms with van der Waals surface area (Å²) in [6.45, 7) is 1.52. The second-order valence-electron chi connectivity index (χ2n) is 6.77. The highest BCUT2D eigenvalue weighted by Crippen LogP contribution is 2.35. The summed E-state index contributed by atoms with van der Waals surface area (Å²) in [6, 6.07) is 8.33. The molecular formula is C20H20F5NO2. The molecule has 2 aromatic rings. The van der Waals surface area contributed by atoms with Crippen LogP contribution >= 0.6 is 0 Å². The van der Waals surface area contributed by atoms with Gasteiger partial charge >= 0.3 is 6.36 Å². The maximum absolute atomic E-state index is 14.5. The number of piperidine rings is 1. The van der Waals surface area contributed by atoms with Crippen LogP contribution in [0.15, 0.2) is 42.5 Å². The first-order valence-corrected chi connectivity index (χ1v) is 8.86. The molecule has 1 aliphatic heterocycles. The quantitative estimate of drug-likeness (QED) is 0.654. The third-order valence-electron chi connectivity index (χ3n) is 4.67. The molecule has 2 aromatic carbocycles. The predicted molar refractivity (Wildman–Crippen MR) is 92.9 cm³/mol. The van der Waals surface area contributed by atoms with Crippen molar-refractivity contribution in [3.05, 3.63) is 65.2 Å². The predicted octanol–water partition coefficient (Wildman–Crippen LogP) is 5.06. The molecule has 0 radical (unpaired) electrons. The Morgan fingerprint density at radius 3 is 2.25 bits per heavy atom. The van der Waals surface area contributed by atoms with Gasteiger partial charge in [0.15, 0.2) is 0 Å². The molecule has 0 amide bonds. The van der Waals surface area contributed by atoms with Crippen LogP contribution in [-0.4, -0.2) is 37.5 Å². The molecule has 0 aliphatic carbocycles. The first-order chi connectivity index (χ1) is 13.2. The number of nitrogens with zero attached hydrogens (tertiary/aromatic N) is 1. The van der Waals surface area contributed by atoms with Crippen LogP contribution in [0.2, 0.25) is 0 Å². The Balaban J connectivity index is 1.97. The SMILES string of the molecule is CN1CCC(OC(c2ccccc2F)c2cc(OC(F)(F)F)ccc2F)CC1. The first-order valence-electron chi connectivity index (χ1n) is 8.86. The molecule has 0 bridgehead atoms. The van der Waals surface area contributed by atoms with Gasteiger partial charge in [0.25, 0.3) is 0 Å². The largest absolute Gasteiger partial charge is 0.573 e. The van der Waals surface area contributed by atoms with E-state index in [-0.39, 0.29) is 17.2 Å². The summed E-state index contributed by atoms with van der Waals surface area (Å²) in [6.07, 6.45) is -5.07. The Labute approximate surface area is 159 Å². The molecule has 8 heteroatoms. The zero-order valence-corrected chi connectivity index (χ0v) is 15.2. The summed E-state index contributed by atoms with van der Waals surface area (Å²) in [5.74, 6) is -2.00. The number of alkyl halides is 3. The Kier molecular flexibility index (Phi) is 6.20. The maximum Gasteiger partial charge on any atom is 0.573 e. The highest BCUT2D eigenvalue weighted by molar-refractivity contribution is 5.37. The number of halogens is 5. The third kappa shape index (κ3) is 5.20. The topological polar surface area (TPSA) is 21.7 Å². The Bertz CT molecular complexity index is 803. The summed E-state index contributed by atoms with van der Waals surface area (Å²) in [7, 11) is 1.96. The van der Waals surface area contributed by atoms with Crippen molar-refractivity contribution in [1.29, 1.82) is 0 Å². The maximum atomic E-state index is 14.5. The second-order valence-corrected chi connectivity index (χ2v) is 6.77. The van der Waals surface area contributed by atoms with Crippen molar-refractivity contribution in [2.75, 3.05) is 20.1 Å². The van der Waals surface area contributed by atoms with Crippen molar-refractivity contribution in [1.82, 2.24) is 4.90 Å². The minimum Gasteiger partial charge on any atom is -0.406 e. The number of hydrogen-bond donors (Lipinski definition) is 0. The third-order valence-corrected chi connectivity index (χ3v) is 4.67. The van der Waals surface area contributed by atoms with Crippen molar-refractivity contribution < 1.29 is 31.4 Å². The Hall–Kier alpha value is -2.19. The number of benzene rings is 2. The first kappa shape index (κ1) is 20.5. The number of rotatable bonds is 5. The van der Waals surface area contributed by atoms with Gasteiger partial charge in [-0.05, 0) is 44.2 Å². The fourth-order valence-electron chi connectivity index (χ4n) is 3.24. The Morgan fingerprint density at radius 2 is 1.61 bits per heavy atom. The average molecular weight is 401 g/mol. The minimum atomic E-state index is -4.92. The van der Waals surface area contributed by atoms with E-state index in [2.05, 4.69) is 9.64 Å². The van der Waals surface area contributed by atoms with Crippen LogP contribution < -0.4 is 4.74 Å². The van der Waals surface area contributed by atoms with Crippen molar-refractivity contribution in [3.63, 3.8) is 0 Å². The molecule has 1 unspecified atom stereocenters.